The van der Waals surface area contributed by atoms with Crippen LogP contribution in [-0.4, -0.2) is 45.9 Å². The van der Waals surface area contributed by atoms with Gasteiger partial charge in [-0.2, -0.15) is 0 Å². The molecule has 1 N–H and O–H groups in total. The van der Waals surface area contributed by atoms with Crippen LogP contribution in [0.5, 0.6) is 0 Å². The van der Waals surface area contributed by atoms with Gasteiger partial charge in [0.15, 0.2) is 0 Å². The molecule has 2 rings (SSSR count). The summed E-state index contributed by atoms with van der Waals surface area (Å²) in [5.41, 5.74) is 1.36. The molecule has 1 amide bonds. The van der Waals surface area contributed by atoms with Gasteiger partial charge < -0.3 is 5.32 Å². The largest absolute Gasteiger partial charge is 0.350 e. The smallest absolute Gasteiger partial charge is 0.254 e. The molecule has 24 heavy (non-hydrogen) atoms. The Balaban J connectivity index is 2.02. The highest BCUT2D eigenvalue weighted by molar-refractivity contribution is 5.95. The predicted molar refractivity (Wildman–Crippen MR) is 97.1 cm³/mol. The number of hydrogen-bond donors (Lipinski definition) is 1. The van der Waals surface area contributed by atoms with Crippen molar-refractivity contribution in [1.29, 1.82) is 0 Å². The molecule has 2 atom stereocenters. The van der Waals surface area contributed by atoms with Gasteiger partial charge in [-0.3, -0.25) is 9.69 Å². The van der Waals surface area contributed by atoms with E-state index in [4.69, 9.17) is 0 Å². The monoisotopic (exact) mass is 332 g/mol. The number of amides is 1. The zero-order valence-corrected chi connectivity index (χ0v) is 16.0. The van der Waals surface area contributed by atoms with Crippen molar-refractivity contribution < 1.29 is 4.79 Å². The van der Waals surface area contributed by atoms with Crippen molar-refractivity contribution in [3.8, 4) is 0 Å². The molecule has 1 aliphatic heterocycles. The molecule has 1 fully saturated rings. The molecule has 0 saturated carbocycles. The van der Waals surface area contributed by atoms with Crippen molar-refractivity contribution in [3.63, 3.8) is 0 Å². The molecule has 1 aromatic rings. The first-order chi connectivity index (χ1) is 11.2. The summed E-state index contributed by atoms with van der Waals surface area (Å²) in [6, 6.07) is 0. The maximum absolute atomic E-state index is 12.6. The highest BCUT2D eigenvalue weighted by Gasteiger charge is 2.33. The lowest BCUT2D eigenvalue weighted by Gasteiger charge is -2.45. The Morgan fingerprint density at radius 2 is 1.96 bits per heavy atom. The van der Waals surface area contributed by atoms with Crippen LogP contribution >= 0.6 is 0 Å². The number of aromatic nitrogens is 2. The normalized spacial score (nSPS) is 22.4. The molecule has 0 bridgehead atoms. The van der Waals surface area contributed by atoms with Crippen LogP contribution in [0.3, 0.4) is 0 Å². The number of carbonyl (C=O) groups excluding carboxylic acids is 1. The van der Waals surface area contributed by atoms with Crippen LogP contribution in [0.2, 0.25) is 0 Å². The number of likely N-dealkylation sites (tertiary alicyclic amines) is 1. The number of carbonyl (C=O) groups is 1. The Kier molecular flexibility index (Phi) is 5.97. The van der Waals surface area contributed by atoms with Gasteiger partial charge in [-0.15, -0.1) is 0 Å². The molecule has 5 nitrogen and oxygen atoms in total. The Morgan fingerprint density at radius 3 is 2.54 bits per heavy atom. The van der Waals surface area contributed by atoms with Gasteiger partial charge >= 0.3 is 0 Å². The summed E-state index contributed by atoms with van der Waals surface area (Å²) < 4.78 is 0. The van der Waals surface area contributed by atoms with Crippen LogP contribution in [0, 0.1) is 18.8 Å². The fraction of sp³-hybridized carbons (Fsp3) is 0.737. The Hall–Kier alpha value is -1.49. The summed E-state index contributed by atoms with van der Waals surface area (Å²) >= 11 is 0. The van der Waals surface area contributed by atoms with Crippen molar-refractivity contribution in [2.24, 2.45) is 11.8 Å². The Bertz CT molecular complexity index is 575. The molecule has 2 heterocycles. The van der Waals surface area contributed by atoms with E-state index >= 15 is 0 Å². The average Bonchev–Trinajstić information content (AvgIpc) is 2.51. The third-order valence-corrected chi connectivity index (χ3v) is 4.97. The van der Waals surface area contributed by atoms with Crippen LogP contribution in [0.4, 0.5) is 0 Å². The van der Waals surface area contributed by atoms with Crippen LogP contribution < -0.4 is 5.32 Å². The molecule has 134 valence electrons. The van der Waals surface area contributed by atoms with Gasteiger partial charge in [0.1, 0.15) is 5.82 Å². The summed E-state index contributed by atoms with van der Waals surface area (Å²) in [6.07, 6.45) is 3.67. The van der Waals surface area contributed by atoms with E-state index in [9.17, 15) is 4.79 Å². The van der Waals surface area contributed by atoms with Gasteiger partial charge in [0.05, 0.1) is 11.3 Å². The Labute approximate surface area is 146 Å². The second kappa shape index (κ2) is 7.60. The molecule has 2 unspecified atom stereocenters. The fourth-order valence-electron chi connectivity index (χ4n) is 3.64. The second-order valence-electron chi connectivity index (χ2n) is 7.98. The highest BCUT2D eigenvalue weighted by atomic mass is 16.1. The van der Waals surface area contributed by atoms with Gasteiger partial charge in [-0.1, -0.05) is 20.8 Å². The number of rotatable bonds is 5. The average molecular weight is 332 g/mol. The third-order valence-electron chi connectivity index (χ3n) is 4.97. The molecular formula is C19H32N4O. The van der Waals surface area contributed by atoms with Crippen molar-refractivity contribution in [3.05, 3.63) is 23.3 Å². The SMILES string of the molecule is CCc1nc(C)ncc1C(=O)NCC(C)(C)N1CC(C)CC(C)C1. The number of piperidine rings is 1. The molecule has 5 heteroatoms. The van der Waals surface area contributed by atoms with E-state index in [0.717, 1.165) is 25.2 Å². The number of nitrogens with one attached hydrogen (secondary N) is 1. The highest BCUT2D eigenvalue weighted by Crippen LogP contribution is 2.26. The first kappa shape index (κ1) is 18.8. The molecule has 1 aliphatic rings. The topological polar surface area (TPSA) is 58.1 Å². The standard InChI is InChI=1S/C19H32N4O/c1-7-17-16(9-20-15(4)22-17)18(24)21-12-19(5,6)23-10-13(2)8-14(3)11-23/h9,13-14H,7-8,10-12H2,1-6H3,(H,21,24). The zero-order chi connectivity index (χ0) is 17.9. The van der Waals surface area contributed by atoms with E-state index in [-0.39, 0.29) is 11.4 Å². The summed E-state index contributed by atoms with van der Waals surface area (Å²) in [5, 5.41) is 3.10. The fourth-order valence-corrected chi connectivity index (χ4v) is 3.64. The van der Waals surface area contributed by atoms with Crippen LogP contribution in [-0.2, 0) is 6.42 Å². The summed E-state index contributed by atoms with van der Waals surface area (Å²) in [5.74, 6) is 2.06. The summed E-state index contributed by atoms with van der Waals surface area (Å²) in [6.45, 7) is 15.7. The van der Waals surface area contributed by atoms with E-state index in [1.54, 1.807) is 6.20 Å². The van der Waals surface area contributed by atoms with Crippen molar-refractivity contribution in [2.45, 2.75) is 59.9 Å². The van der Waals surface area contributed by atoms with E-state index in [0.29, 0.717) is 29.8 Å². The molecule has 0 spiro atoms. The summed E-state index contributed by atoms with van der Waals surface area (Å²) in [7, 11) is 0. The third kappa shape index (κ3) is 4.53. The minimum absolute atomic E-state index is 0.0590. The lowest BCUT2D eigenvalue weighted by atomic mass is 9.88. The molecular weight excluding hydrogens is 300 g/mol. The maximum Gasteiger partial charge on any atom is 0.254 e. The lowest BCUT2D eigenvalue weighted by Crippen LogP contribution is -2.56. The number of hydrogen-bond acceptors (Lipinski definition) is 4. The molecule has 1 saturated heterocycles. The van der Waals surface area contributed by atoms with Crippen LogP contribution in [0.25, 0.3) is 0 Å². The summed E-state index contributed by atoms with van der Waals surface area (Å²) in [4.78, 5) is 23.7. The minimum Gasteiger partial charge on any atom is -0.350 e. The van der Waals surface area contributed by atoms with Crippen LogP contribution in [0.1, 0.15) is 62.9 Å². The van der Waals surface area contributed by atoms with E-state index in [1.165, 1.54) is 6.42 Å². The first-order valence-electron chi connectivity index (χ1n) is 9.08. The van der Waals surface area contributed by atoms with Gasteiger partial charge in [0.25, 0.3) is 5.91 Å². The second-order valence-corrected chi connectivity index (χ2v) is 7.98. The van der Waals surface area contributed by atoms with E-state index < -0.39 is 0 Å². The van der Waals surface area contributed by atoms with E-state index in [2.05, 4.69) is 47.9 Å². The predicted octanol–water partition coefficient (Wildman–Crippen LogP) is 2.83. The van der Waals surface area contributed by atoms with Gasteiger partial charge in [0, 0.05) is 31.4 Å². The van der Waals surface area contributed by atoms with E-state index in [1.807, 2.05) is 13.8 Å². The quantitative estimate of drug-likeness (QED) is 0.901. The molecule has 0 radical (unpaired) electrons. The minimum atomic E-state index is -0.0713. The van der Waals surface area contributed by atoms with Gasteiger partial charge in [-0.25, -0.2) is 9.97 Å². The zero-order valence-electron chi connectivity index (χ0n) is 16.0. The van der Waals surface area contributed by atoms with Gasteiger partial charge in [-0.05, 0) is 45.4 Å². The van der Waals surface area contributed by atoms with Crippen molar-refractivity contribution in [1.82, 2.24) is 20.2 Å². The number of aryl methyl sites for hydroxylation is 2. The molecule has 1 aromatic heterocycles. The van der Waals surface area contributed by atoms with Crippen LogP contribution in [0.15, 0.2) is 6.20 Å². The van der Waals surface area contributed by atoms with Crippen molar-refractivity contribution >= 4 is 5.91 Å². The number of nitrogens with zero attached hydrogens (tertiary/aromatic N) is 3. The molecule has 0 aromatic carbocycles. The molecule has 0 aliphatic carbocycles. The maximum atomic E-state index is 12.6. The first-order valence-corrected chi connectivity index (χ1v) is 9.08. The van der Waals surface area contributed by atoms with Crippen molar-refractivity contribution in [2.75, 3.05) is 19.6 Å². The van der Waals surface area contributed by atoms with Gasteiger partial charge in [0.2, 0.25) is 0 Å². The Morgan fingerprint density at radius 1 is 1.33 bits per heavy atom. The lowest BCUT2D eigenvalue weighted by molar-refractivity contribution is 0.0445.